The third-order valence-corrected chi connectivity index (χ3v) is 3.06. The minimum Gasteiger partial charge on any atom is -0.480 e. The van der Waals surface area contributed by atoms with Crippen molar-refractivity contribution < 1.29 is 14.7 Å². The van der Waals surface area contributed by atoms with E-state index in [0.717, 1.165) is 10.6 Å². The molecule has 0 spiro atoms. The van der Waals surface area contributed by atoms with Crippen LogP contribution in [0.4, 0.5) is 0 Å². The van der Waals surface area contributed by atoms with E-state index in [2.05, 4.69) is 0 Å². The molecule has 0 unspecified atom stereocenters. The third kappa shape index (κ3) is 2.72. The highest BCUT2D eigenvalue weighted by Crippen LogP contribution is 2.17. The molecule has 2 rings (SSSR count). The van der Waals surface area contributed by atoms with Crippen molar-refractivity contribution in [3.05, 3.63) is 33.1 Å². The van der Waals surface area contributed by atoms with E-state index < -0.39 is 29.2 Å². The number of nitrogens with zero attached hydrogens (tertiary/aromatic N) is 2. The molecule has 1 atom stereocenters. The number of hydrogen-bond donors (Lipinski definition) is 2. The molecule has 0 aromatic carbocycles. The summed E-state index contributed by atoms with van der Waals surface area (Å²) < 4.78 is 1.04. The van der Waals surface area contributed by atoms with Crippen LogP contribution in [0.15, 0.2) is 21.9 Å². The first-order chi connectivity index (χ1) is 8.99. The summed E-state index contributed by atoms with van der Waals surface area (Å²) in [6.45, 7) is 0.0906. The molecule has 102 valence electrons. The van der Waals surface area contributed by atoms with Gasteiger partial charge in [-0.15, -0.1) is 0 Å². The molecule has 1 aliphatic heterocycles. The van der Waals surface area contributed by atoms with Crippen molar-refractivity contribution in [1.82, 2.24) is 14.5 Å². The summed E-state index contributed by atoms with van der Waals surface area (Å²) in [5.41, 5.74) is -1.23. The number of carboxylic acids is 1. The zero-order chi connectivity index (χ0) is 14.0. The molecule has 2 N–H and O–H groups in total. The van der Waals surface area contributed by atoms with Crippen LogP contribution >= 0.6 is 0 Å². The van der Waals surface area contributed by atoms with Crippen molar-refractivity contribution >= 4 is 11.9 Å². The van der Waals surface area contributed by atoms with Crippen molar-refractivity contribution in [1.29, 1.82) is 0 Å². The van der Waals surface area contributed by atoms with Crippen LogP contribution in [0, 0.1) is 0 Å². The molecule has 8 nitrogen and oxygen atoms in total. The zero-order valence-corrected chi connectivity index (χ0v) is 10.0. The van der Waals surface area contributed by atoms with Crippen LogP contribution < -0.4 is 11.2 Å². The Balaban J connectivity index is 2.15. The van der Waals surface area contributed by atoms with Crippen molar-refractivity contribution in [2.45, 2.75) is 25.4 Å². The van der Waals surface area contributed by atoms with Crippen LogP contribution in [0.2, 0.25) is 0 Å². The number of aromatic amines is 1. The Labute approximate surface area is 107 Å². The SMILES string of the molecule is O=C(O)[C@@H]1CCCN1C(=O)Cn1ccc(=O)[nH]c1=O. The van der Waals surface area contributed by atoms with Gasteiger partial charge >= 0.3 is 11.7 Å². The van der Waals surface area contributed by atoms with Gasteiger partial charge in [-0.1, -0.05) is 0 Å². The molecule has 2 heterocycles. The topological polar surface area (TPSA) is 112 Å². The molecule has 1 fully saturated rings. The number of nitrogens with one attached hydrogen (secondary N) is 1. The Bertz CT molecular complexity index is 617. The van der Waals surface area contributed by atoms with Gasteiger partial charge in [0.2, 0.25) is 5.91 Å². The van der Waals surface area contributed by atoms with Crippen molar-refractivity contribution in [3.63, 3.8) is 0 Å². The summed E-state index contributed by atoms with van der Waals surface area (Å²) >= 11 is 0. The third-order valence-electron chi connectivity index (χ3n) is 3.06. The fourth-order valence-corrected chi connectivity index (χ4v) is 2.13. The highest BCUT2D eigenvalue weighted by molar-refractivity contribution is 5.84. The zero-order valence-electron chi connectivity index (χ0n) is 10.0. The molecule has 0 bridgehead atoms. The quantitative estimate of drug-likeness (QED) is 0.700. The Morgan fingerprint density at radius 1 is 1.42 bits per heavy atom. The minimum absolute atomic E-state index is 0.278. The molecule has 19 heavy (non-hydrogen) atoms. The molecule has 1 saturated heterocycles. The Morgan fingerprint density at radius 2 is 2.16 bits per heavy atom. The summed E-state index contributed by atoms with van der Waals surface area (Å²) in [5, 5.41) is 8.98. The van der Waals surface area contributed by atoms with Gasteiger partial charge in [-0.3, -0.25) is 19.1 Å². The molecule has 1 aromatic heterocycles. The fourth-order valence-electron chi connectivity index (χ4n) is 2.13. The molecule has 0 saturated carbocycles. The van der Waals surface area contributed by atoms with E-state index in [1.54, 1.807) is 0 Å². The van der Waals surface area contributed by atoms with Crippen LogP contribution in [0.5, 0.6) is 0 Å². The number of aliphatic carboxylic acids is 1. The van der Waals surface area contributed by atoms with Gasteiger partial charge in [0.25, 0.3) is 5.56 Å². The smallest absolute Gasteiger partial charge is 0.328 e. The van der Waals surface area contributed by atoms with Gasteiger partial charge in [0, 0.05) is 18.8 Å². The lowest BCUT2D eigenvalue weighted by Gasteiger charge is -2.21. The molecular weight excluding hydrogens is 254 g/mol. The van der Waals surface area contributed by atoms with Gasteiger partial charge in [-0.05, 0) is 12.8 Å². The standard InChI is InChI=1S/C11H13N3O5/c15-8-3-5-13(11(19)12-8)6-9(16)14-4-1-2-7(14)10(17)18/h3,5,7H,1-2,4,6H2,(H,17,18)(H,12,15,19)/t7-/m0/s1. The minimum atomic E-state index is -1.04. The normalized spacial score (nSPS) is 18.5. The molecule has 8 heteroatoms. The number of rotatable bonds is 3. The number of carboxylic acid groups (broad SMARTS) is 1. The van der Waals surface area contributed by atoms with Crippen LogP contribution in [-0.4, -0.2) is 44.0 Å². The molecule has 1 aliphatic rings. The van der Waals surface area contributed by atoms with E-state index in [-0.39, 0.29) is 6.54 Å². The predicted molar refractivity (Wildman–Crippen MR) is 63.7 cm³/mol. The van der Waals surface area contributed by atoms with E-state index in [1.807, 2.05) is 4.98 Å². The first kappa shape index (κ1) is 13.1. The van der Waals surface area contributed by atoms with E-state index >= 15 is 0 Å². The highest BCUT2D eigenvalue weighted by atomic mass is 16.4. The van der Waals surface area contributed by atoms with Crippen LogP contribution in [0.1, 0.15) is 12.8 Å². The lowest BCUT2D eigenvalue weighted by Crippen LogP contribution is -2.43. The van der Waals surface area contributed by atoms with Crippen LogP contribution in [0.25, 0.3) is 0 Å². The first-order valence-electron chi connectivity index (χ1n) is 5.81. The summed E-state index contributed by atoms with van der Waals surface area (Å²) in [5.74, 6) is -1.49. The lowest BCUT2D eigenvalue weighted by atomic mass is 10.2. The summed E-state index contributed by atoms with van der Waals surface area (Å²) in [4.78, 5) is 48.5. The van der Waals surface area contributed by atoms with E-state index in [0.29, 0.717) is 19.4 Å². The average Bonchev–Trinajstić information content (AvgIpc) is 2.82. The number of hydrogen-bond acceptors (Lipinski definition) is 4. The summed E-state index contributed by atoms with van der Waals surface area (Å²) in [6.07, 6.45) is 2.26. The molecular formula is C11H13N3O5. The second-order valence-electron chi connectivity index (χ2n) is 4.32. The number of H-pyrrole nitrogens is 1. The fraction of sp³-hybridized carbons (Fsp3) is 0.455. The monoisotopic (exact) mass is 267 g/mol. The molecule has 0 radical (unpaired) electrons. The van der Waals surface area contributed by atoms with Crippen molar-refractivity contribution in [2.24, 2.45) is 0 Å². The van der Waals surface area contributed by atoms with Crippen molar-refractivity contribution in [2.75, 3.05) is 6.54 Å². The lowest BCUT2D eigenvalue weighted by molar-refractivity contribution is -0.148. The Morgan fingerprint density at radius 3 is 2.79 bits per heavy atom. The van der Waals surface area contributed by atoms with Gasteiger partial charge in [-0.2, -0.15) is 0 Å². The predicted octanol–water partition coefficient (Wildman–Crippen LogP) is -1.39. The van der Waals surface area contributed by atoms with Crippen LogP contribution in [0.3, 0.4) is 0 Å². The number of likely N-dealkylation sites (tertiary alicyclic amines) is 1. The second kappa shape index (κ2) is 5.09. The number of carbonyl (C=O) groups is 2. The van der Waals surface area contributed by atoms with E-state index in [4.69, 9.17) is 5.11 Å². The van der Waals surface area contributed by atoms with Gasteiger partial charge in [0.15, 0.2) is 0 Å². The maximum Gasteiger partial charge on any atom is 0.328 e. The number of carbonyl (C=O) groups excluding carboxylic acids is 1. The van der Waals surface area contributed by atoms with Gasteiger partial charge in [0.05, 0.1) is 0 Å². The molecule has 0 aliphatic carbocycles. The maximum atomic E-state index is 12.0. The van der Waals surface area contributed by atoms with Gasteiger partial charge in [-0.25, -0.2) is 9.59 Å². The average molecular weight is 267 g/mol. The van der Waals surface area contributed by atoms with Crippen molar-refractivity contribution in [3.8, 4) is 0 Å². The molecule has 1 aromatic rings. The second-order valence-corrected chi connectivity index (χ2v) is 4.32. The van der Waals surface area contributed by atoms with Gasteiger partial charge in [0.1, 0.15) is 12.6 Å². The van der Waals surface area contributed by atoms with Crippen LogP contribution in [-0.2, 0) is 16.1 Å². The van der Waals surface area contributed by atoms with E-state index in [9.17, 15) is 19.2 Å². The first-order valence-corrected chi connectivity index (χ1v) is 5.81. The summed E-state index contributed by atoms with van der Waals surface area (Å²) in [6, 6.07) is 0.304. The Hall–Kier alpha value is -2.38. The Kier molecular flexibility index (Phi) is 3.50. The largest absolute Gasteiger partial charge is 0.480 e. The highest BCUT2D eigenvalue weighted by Gasteiger charge is 2.33. The number of amides is 1. The van der Waals surface area contributed by atoms with Gasteiger partial charge < -0.3 is 10.0 Å². The number of aromatic nitrogens is 2. The van der Waals surface area contributed by atoms with E-state index in [1.165, 1.54) is 11.1 Å². The summed E-state index contributed by atoms with van der Waals surface area (Å²) in [7, 11) is 0. The maximum absolute atomic E-state index is 12.0. The molecule has 1 amide bonds.